The number of guanidine groups is 1. The summed E-state index contributed by atoms with van der Waals surface area (Å²) in [7, 11) is 3.23. The summed E-state index contributed by atoms with van der Waals surface area (Å²) >= 11 is 0. The SMILES string of the molecule is CCNC(=NCCCOCC(F)(F)F)N1CCc2cc(OC)c(OC)cc2C1.I. The van der Waals surface area contributed by atoms with Crippen LogP contribution in [0.2, 0.25) is 0 Å². The molecule has 1 aromatic carbocycles. The Balaban J connectivity index is 0.00000420. The van der Waals surface area contributed by atoms with Gasteiger partial charge in [0.15, 0.2) is 17.5 Å². The molecule has 29 heavy (non-hydrogen) atoms. The standard InChI is InChI=1S/C19H28F3N3O3.HI/c1-4-23-18(24-7-5-9-28-13-19(20,21)22)25-8-6-14-10-16(26-2)17(27-3)11-15(14)12-25;/h10-11H,4-9,12-13H2,1-3H3,(H,23,24);1H. The lowest BCUT2D eigenvalue weighted by Crippen LogP contribution is -2.44. The smallest absolute Gasteiger partial charge is 0.411 e. The lowest BCUT2D eigenvalue weighted by molar-refractivity contribution is -0.173. The van der Waals surface area contributed by atoms with Crippen LogP contribution < -0.4 is 14.8 Å². The van der Waals surface area contributed by atoms with Gasteiger partial charge in [-0.15, -0.1) is 24.0 Å². The molecule has 1 heterocycles. The molecule has 0 aromatic heterocycles. The molecule has 1 aliphatic rings. The van der Waals surface area contributed by atoms with E-state index in [1.807, 2.05) is 19.1 Å². The van der Waals surface area contributed by atoms with Gasteiger partial charge in [-0.2, -0.15) is 13.2 Å². The van der Waals surface area contributed by atoms with E-state index in [9.17, 15) is 13.2 Å². The molecule has 10 heteroatoms. The second-order valence-electron chi connectivity index (χ2n) is 6.40. The normalized spacial score (nSPS) is 14.1. The Kier molecular flexibility index (Phi) is 10.9. The highest BCUT2D eigenvalue weighted by atomic mass is 127. The molecule has 1 aliphatic heterocycles. The first kappa shape index (κ1) is 25.6. The van der Waals surface area contributed by atoms with Crippen LogP contribution >= 0.6 is 24.0 Å². The number of halogens is 4. The number of nitrogens with one attached hydrogen (secondary N) is 1. The van der Waals surface area contributed by atoms with Crippen molar-refractivity contribution in [1.29, 1.82) is 0 Å². The number of alkyl halides is 3. The largest absolute Gasteiger partial charge is 0.493 e. The maximum atomic E-state index is 12.1. The van der Waals surface area contributed by atoms with E-state index in [0.717, 1.165) is 24.5 Å². The van der Waals surface area contributed by atoms with E-state index in [4.69, 9.17) is 9.47 Å². The van der Waals surface area contributed by atoms with Crippen molar-refractivity contribution >= 4 is 29.9 Å². The van der Waals surface area contributed by atoms with Crippen LogP contribution in [0.3, 0.4) is 0 Å². The van der Waals surface area contributed by atoms with Gasteiger partial charge in [0.25, 0.3) is 0 Å². The van der Waals surface area contributed by atoms with E-state index in [2.05, 4.69) is 19.9 Å². The van der Waals surface area contributed by atoms with Gasteiger partial charge in [-0.3, -0.25) is 4.99 Å². The van der Waals surface area contributed by atoms with E-state index < -0.39 is 12.8 Å². The van der Waals surface area contributed by atoms with Gasteiger partial charge in [-0.1, -0.05) is 0 Å². The highest BCUT2D eigenvalue weighted by molar-refractivity contribution is 14.0. The van der Waals surface area contributed by atoms with Gasteiger partial charge in [-0.05, 0) is 43.0 Å². The fraction of sp³-hybridized carbons (Fsp3) is 0.632. The van der Waals surface area contributed by atoms with E-state index in [0.29, 0.717) is 37.6 Å². The Morgan fingerprint density at radius 1 is 1.17 bits per heavy atom. The average molecular weight is 531 g/mol. The maximum absolute atomic E-state index is 12.1. The third-order valence-electron chi connectivity index (χ3n) is 4.33. The van der Waals surface area contributed by atoms with Gasteiger partial charge in [0.05, 0.1) is 14.2 Å². The number of aliphatic imine (C=N–C) groups is 1. The molecule has 0 saturated heterocycles. The summed E-state index contributed by atoms with van der Waals surface area (Å²) in [6, 6.07) is 3.99. The molecule has 1 N–H and O–H groups in total. The third-order valence-corrected chi connectivity index (χ3v) is 4.33. The minimum Gasteiger partial charge on any atom is -0.493 e. The van der Waals surface area contributed by atoms with Crippen molar-refractivity contribution in [2.24, 2.45) is 4.99 Å². The number of fused-ring (bicyclic) bond motifs is 1. The van der Waals surface area contributed by atoms with Crippen LogP contribution in [-0.4, -0.2) is 64.1 Å². The van der Waals surface area contributed by atoms with Crippen LogP contribution in [0.4, 0.5) is 13.2 Å². The maximum Gasteiger partial charge on any atom is 0.411 e. The topological polar surface area (TPSA) is 55.3 Å². The molecule has 0 saturated carbocycles. The van der Waals surface area contributed by atoms with Crippen LogP contribution in [0.5, 0.6) is 11.5 Å². The Morgan fingerprint density at radius 3 is 2.41 bits per heavy atom. The zero-order valence-electron chi connectivity index (χ0n) is 17.0. The van der Waals surface area contributed by atoms with Gasteiger partial charge in [0, 0.05) is 32.8 Å². The summed E-state index contributed by atoms with van der Waals surface area (Å²) in [5.74, 6) is 2.15. The highest BCUT2D eigenvalue weighted by Gasteiger charge is 2.27. The minimum absolute atomic E-state index is 0. The number of hydrogen-bond donors (Lipinski definition) is 1. The van der Waals surface area contributed by atoms with Gasteiger partial charge < -0.3 is 24.4 Å². The van der Waals surface area contributed by atoms with Gasteiger partial charge in [0.1, 0.15) is 6.61 Å². The summed E-state index contributed by atoms with van der Waals surface area (Å²) in [5, 5.41) is 3.25. The van der Waals surface area contributed by atoms with E-state index in [1.165, 1.54) is 5.56 Å². The van der Waals surface area contributed by atoms with Crippen LogP contribution in [0.25, 0.3) is 0 Å². The molecule has 0 amide bonds. The van der Waals surface area contributed by atoms with Crippen molar-refractivity contribution in [2.45, 2.75) is 32.5 Å². The molecule has 2 rings (SSSR count). The van der Waals surface area contributed by atoms with Crippen molar-refractivity contribution in [2.75, 3.05) is 47.1 Å². The summed E-state index contributed by atoms with van der Waals surface area (Å²) in [6.07, 6.45) is -3.02. The van der Waals surface area contributed by atoms with Gasteiger partial charge in [0.2, 0.25) is 0 Å². The predicted molar refractivity (Wildman–Crippen MR) is 117 cm³/mol. The average Bonchev–Trinajstić information content (AvgIpc) is 2.67. The van der Waals surface area contributed by atoms with E-state index >= 15 is 0 Å². The van der Waals surface area contributed by atoms with Crippen LogP contribution in [-0.2, 0) is 17.7 Å². The summed E-state index contributed by atoms with van der Waals surface area (Å²) in [5.41, 5.74) is 2.35. The highest BCUT2D eigenvalue weighted by Crippen LogP contribution is 2.33. The van der Waals surface area contributed by atoms with Crippen LogP contribution in [0.1, 0.15) is 24.5 Å². The number of rotatable bonds is 8. The summed E-state index contributed by atoms with van der Waals surface area (Å²) in [6.45, 7) is 3.36. The second kappa shape index (κ2) is 12.3. The van der Waals surface area contributed by atoms with Gasteiger partial charge >= 0.3 is 6.18 Å². The number of hydrogen-bond acceptors (Lipinski definition) is 4. The zero-order valence-corrected chi connectivity index (χ0v) is 19.3. The lowest BCUT2D eigenvalue weighted by atomic mass is 9.99. The number of benzene rings is 1. The zero-order chi connectivity index (χ0) is 20.6. The molecule has 0 spiro atoms. The molecule has 166 valence electrons. The fourth-order valence-corrected chi connectivity index (χ4v) is 3.03. The Hall–Kier alpha value is -1.43. The van der Waals surface area contributed by atoms with Crippen LogP contribution in [0, 0.1) is 0 Å². The van der Waals surface area contributed by atoms with Crippen molar-refractivity contribution in [1.82, 2.24) is 10.2 Å². The first-order valence-electron chi connectivity index (χ1n) is 9.29. The molecule has 0 aliphatic carbocycles. The number of ether oxygens (including phenoxy) is 3. The lowest BCUT2D eigenvalue weighted by Gasteiger charge is -2.32. The molecule has 1 aromatic rings. The second-order valence-corrected chi connectivity index (χ2v) is 6.40. The third kappa shape index (κ3) is 8.07. The minimum atomic E-state index is -4.29. The van der Waals surface area contributed by atoms with Crippen LogP contribution in [0.15, 0.2) is 17.1 Å². The Morgan fingerprint density at radius 2 is 1.83 bits per heavy atom. The first-order chi connectivity index (χ1) is 13.4. The number of methoxy groups -OCH3 is 2. The van der Waals surface area contributed by atoms with Gasteiger partial charge in [-0.25, -0.2) is 0 Å². The Labute approximate surface area is 186 Å². The molecule has 0 fully saturated rings. The van der Waals surface area contributed by atoms with Crippen molar-refractivity contribution in [3.8, 4) is 11.5 Å². The van der Waals surface area contributed by atoms with Crippen molar-refractivity contribution in [3.05, 3.63) is 23.3 Å². The molecule has 0 bridgehead atoms. The van der Waals surface area contributed by atoms with E-state index in [1.54, 1.807) is 14.2 Å². The predicted octanol–water partition coefficient (Wildman–Crippen LogP) is 3.61. The molecule has 0 radical (unpaired) electrons. The van der Waals surface area contributed by atoms with Crippen molar-refractivity contribution < 1.29 is 27.4 Å². The summed E-state index contributed by atoms with van der Waals surface area (Å²) < 4.78 is 51.6. The molecule has 6 nitrogen and oxygen atoms in total. The fourth-order valence-electron chi connectivity index (χ4n) is 3.03. The van der Waals surface area contributed by atoms with E-state index in [-0.39, 0.29) is 30.6 Å². The quantitative estimate of drug-likeness (QED) is 0.241. The molecule has 0 unspecified atom stereocenters. The number of nitrogens with zero attached hydrogens (tertiary/aromatic N) is 2. The molecule has 0 atom stereocenters. The summed E-state index contributed by atoms with van der Waals surface area (Å²) in [4.78, 5) is 6.67. The Bertz CT molecular complexity index is 672. The molecular formula is C19H29F3IN3O3. The monoisotopic (exact) mass is 531 g/mol. The molecular weight excluding hydrogens is 502 g/mol. The first-order valence-corrected chi connectivity index (χ1v) is 9.29. The van der Waals surface area contributed by atoms with Crippen molar-refractivity contribution in [3.63, 3.8) is 0 Å².